The first-order valence-electron chi connectivity index (χ1n) is 6.88. The van der Waals surface area contributed by atoms with Gasteiger partial charge in [-0.15, -0.1) is 0 Å². The smallest absolute Gasteiger partial charge is 0.273 e. The van der Waals surface area contributed by atoms with Crippen LogP contribution in [-0.2, 0) is 6.54 Å². The molecule has 1 aromatic rings. The Balaban J connectivity index is 2.00. The molecular formula is C14H20ClN3O2. The van der Waals surface area contributed by atoms with Gasteiger partial charge in [0.1, 0.15) is 0 Å². The number of nitro benzene ring substituents is 1. The van der Waals surface area contributed by atoms with Crippen molar-refractivity contribution in [1.29, 1.82) is 0 Å². The molecule has 1 aliphatic heterocycles. The highest BCUT2D eigenvalue weighted by molar-refractivity contribution is 6.30. The summed E-state index contributed by atoms with van der Waals surface area (Å²) in [6.45, 7) is 3.62. The molecule has 1 N–H and O–H groups in total. The first kappa shape index (κ1) is 15.2. The Morgan fingerprint density at radius 2 is 2.35 bits per heavy atom. The van der Waals surface area contributed by atoms with Crippen LogP contribution in [0.25, 0.3) is 0 Å². The van der Waals surface area contributed by atoms with Crippen molar-refractivity contribution in [1.82, 2.24) is 10.2 Å². The lowest BCUT2D eigenvalue weighted by atomic mass is 9.99. The van der Waals surface area contributed by atoms with Crippen LogP contribution in [0.15, 0.2) is 18.2 Å². The van der Waals surface area contributed by atoms with Gasteiger partial charge in [0.15, 0.2) is 0 Å². The van der Waals surface area contributed by atoms with Crippen LogP contribution < -0.4 is 5.32 Å². The average molecular weight is 298 g/mol. The highest BCUT2D eigenvalue weighted by Gasteiger charge is 2.18. The maximum absolute atomic E-state index is 11.0. The quantitative estimate of drug-likeness (QED) is 0.670. The van der Waals surface area contributed by atoms with E-state index in [0.717, 1.165) is 19.6 Å². The van der Waals surface area contributed by atoms with Gasteiger partial charge in [-0.2, -0.15) is 0 Å². The molecule has 1 aliphatic rings. The van der Waals surface area contributed by atoms with E-state index in [4.69, 9.17) is 11.6 Å². The van der Waals surface area contributed by atoms with Crippen molar-refractivity contribution in [2.45, 2.75) is 19.4 Å². The molecule has 1 atom stereocenters. The number of nitrogens with zero attached hydrogens (tertiary/aromatic N) is 2. The maximum Gasteiger partial charge on any atom is 0.273 e. The van der Waals surface area contributed by atoms with E-state index in [-0.39, 0.29) is 10.6 Å². The molecule has 0 saturated carbocycles. The molecule has 0 radical (unpaired) electrons. The van der Waals surface area contributed by atoms with E-state index < -0.39 is 0 Å². The molecule has 5 nitrogen and oxygen atoms in total. The number of benzene rings is 1. The number of piperidine rings is 1. The van der Waals surface area contributed by atoms with Gasteiger partial charge >= 0.3 is 0 Å². The molecule has 0 amide bonds. The molecule has 20 heavy (non-hydrogen) atoms. The van der Waals surface area contributed by atoms with Crippen LogP contribution in [0.5, 0.6) is 0 Å². The van der Waals surface area contributed by atoms with E-state index in [0.29, 0.717) is 23.0 Å². The fourth-order valence-electron chi connectivity index (χ4n) is 2.73. The third-order valence-corrected chi connectivity index (χ3v) is 3.88. The molecule has 0 aromatic heterocycles. The number of hydrogen-bond acceptors (Lipinski definition) is 4. The average Bonchev–Trinajstić information content (AvgIpc) is 2.39. The summed E-state index contributed by atoms with van der Waals surface area (Å²) in [6, 6.07) is 4.73. The molecule has 1 fully saturated rings. The minimum Gasteiger partial charge on any atom is -0.316 e. The molecule has 1 unspecified atom stereocenters. The Morgan fingerprint density at radius 3 is 3.00 bits per heavy atom. The standard InChI is InChI=1S/C14H20ClN3O2/c1-17(9-11-3-2-6-16-8-11)10-12-7-13(15)4-5-14(12)18(19)20/h4-5,7,11,16H,2-3,6,8-10H2,1H3. The van der Waals surface area contributed by atoms with Gasteiger partial charge in [0.25, 0.3) is 5.69 Å². The predicted octanol–water partition coefficient (Wildman–Crippen LogP) is 2.68. The van der Waals surface area contributed by atoms with Crippen LogP contribution in [-0.4, -0.2) is 36.5 Å². The summed E-state index contributed by atoms with van der Waals surface area (Å²) in [4.78, 5) is 12.8. The van der Waals surface area contributed by atoms with E-state index in [1.807, 2.05) is 7.05 Å². The van der Waals surface area contributed by atoms with Crippen LogP contribution in [0.3, 0.4) is 0 Å². The zero-order chi connectivity index (χ0) is 14.5. The summed E-state index contributed by atoms with van der Waals surface area (Å²) in [5.74, 6) is 0.618. The van der Waals surface area contributed by atoms with Crippen LogP contribution >= 0.6 is 11.6 Å². The lowest BCUT2D eigenvalue weighted by Gasteiger charge is -2.27. The SMILES string of the molecule is CN(Cc1cc(Cl)ccc1[N+](=O)[O-])CC1CCCNC1. The van der Waals surface area contributed by atoms with E-state index in [1.54, 1.807) is 12.1 Å². The summed E-state index contributed by atoms with van der Waals surface area (Å²) >= 11 is 5.95. The molecule has 1 heterocycles. The Kier molecular flexibility index (Phi) is 5.34. The van der Waals surface area contributed by atoms with Crippen molar-refractivity contribution in [2.75, 3.05) is 26.7 Å². The third kappa shape index (κ3) is 4.16. The number of halogens is 1. The number of rotatable bonds is 5. The van der Waals surface area contributed by atoms with Crippen molar-refractivity contribution < 1.29 is 4.92 Å². The van der Waals surface area contributed by atoms with Crippen LogP contribution in [0.4, 0.5) is 5.69 Å². The normalized spacial score (nSPS) is 19.2. The highest BCUT2D eigenvalue weighted by atomic mass is 35.5. The van der Waals surface area contributed by atoms with Gasteiger partial charge in [-0.1, -0.05) is 11.6 Å². The summed E-state index contributed by atoms with van der Waals surface area (Å²) in [5, 5.41) is 15.0. The fraction of sp³-hybridized carbons (Fsp3) is 0.571. The maximum atomic E-state index is 11.0. The van der Waals surface area contributed by atoms with Crippen molar-refractivity contribution >= 4 is 17.3 Å². The molecule has 0 spiro atoms. The van der Waals surface area contributed by atoms with E-state index in [2.05, 4.69) is 10.2 Å². The van der Waals surface area contributed by atoms with Gasteiger partial charge in [-0.3, -0.25) is 10.1 Å². The Labute approximate surface area is 124 Å². The van der Waals surface area contributed by atoms with Gasteiger partial charge < -0.3 is 10.2 Å². The second kappa shape index (κ2) is 7.02. The Hall–Kier alpha value is -1.17. The molecule has 6 heteroatoms. The highest BCUT2D eigenvalue weighted by Crippen LogP contribution is 2.24. The van der Waals surface area contributed by atoms with Crippen molar-refractivity contribution in [3.8, 4) is 0 Å². The van der Waals surface area contributed by atoms with Crippen LogP contribution in [0.1, 0.15) is 18.4 Å². The third-order valence-electron chi connectivity index (χ3n) is 3.65. The molecule has 2 rings (SSSR count). The first-order valence-corrected chi connectivity index (χ1v) is 7.26. The first-order chi connectivity index (χ1) is 9.56. The number of nitro groups is 1. The predicted molar refractivity (Wildman–Crippen MR) is 80.0 cm³/mol. The van der Waals surface area contributed by atoms with Gasteiger partial charge in [-0.25, -0.2) is 0 Å². The van der Waals surface area contributed by atoms with E-state index in [9.17, 15) is 10.1 Å². The molecule has 0 aliphatic carbocycles. The molecule has 0 bridgehead atoms. The Bertz CT molecular complexity index is 475. The van der Waals surface area contributed by atoms with Gasteiger partial charge in [0.05, 0.1) is 4.92 Å². The van der Waals surface area contributed by atoms with Crippen LogP contribution in [0.2, 0.25) is 5.02 Å². The summed E-state index contributed by atoms with van der Waals surface area (Å²) in [6.07, 6.45) is 2.42. The molecule has 1 saturated heterocycles. The zero-order valence-electron chi connectivity index (χ0n) is 11.6. The Morgan fingerprint density at radius 1 is 1.55 bits per heavy atom. The zero-order valence-corrected chi connectivity index (χ0v) is 12.4. The fourth-order valence-corrected chi connectivity index (χ4v) is 2.93. The van der Waals surface area contributed by atoms with Gasteiger partial charge in [0, 0.05) is 29.7 Å². The molecular weight excluding hydrogens is 278 g/mol. The van der Waals surface area contributed by atoms with Crippen molar-refractivity contribution in [3.05, 3.63) is 38.9 Å². The largest absolute Gasteiger partial charge is 0.316 e. The van der Waals surface area contributed by atoms with E-state index in [1.165, 1.54) is 18.9 Å². The van der Waals surface area contributed by atoms with Gasteiger partial charge in [-0.05, 0) is 51.0 Å². The molecule has 110 valence electrons. The van der Waals surface area contributed by atoms with Crippen molar-refractivity contribution in [2.24, 2.45) is 5.92 Å². The number of hydrogen-bond donors (Lipinski definition) is 1. The van der Waals surface area contributed by atoms with E-state index >= 15 is 0 Å². The minimum atomic E-state index is -0.346. The monoisotopic (exact) mass is 297 g/mol. The molecule has 1 aromatic carbocycles. The van der Waals surface area contributed by atoms with Gasteiger partial charge in [0.2, 0.25) is 0 Å². The second-order valence-electron chi connectivity index (χ2n) is 5.44. The van der Waals surface area contributed by atoms with Crippen molar-refractivity contribution in [3.63, 3.8) is 0 Å². The second-order valence-corrected chi connectivity index (χ2v) is 5.88. The van der Waals surface area contributed by atoms with Crippen LogP contribution in [0, 0.1) is 16.0 Å². The summed E-state index contributed by atoms with van der Waals surface area (Å²) in [5.41, 5.74) is 0.816. The number of nitrogens with one attached hydrogen (secondary N) is 1. The summed E-state index contributed by atoms with van der Waals surface area (Å²) in [7, 11) is 2.00. The lowest BCUT2D eigenvalue weighted by Crippen LogP contribution is -2.36. The topological polar surface area (TPSA) is 58.4 Å². The summed E-state index contributed by atoms with van der Waals surface area (Å²) < 4.78 is 0. The minimum absolute atomic E-state index is 0.142. The lowest BCUT2D eigenvalue weighted by molar-refractivity contribution is -0.385.